The van der Waals surface area contributed by atoms with Gasteiger partial charge in [0.05, 0.1) is 25.0 Å². The summed E-state index contributed by atoms with van der Waals surface area (Å²) in [7, 11) is 1.71. The van der Waals surface area contributed by atoms with E-state index in [2.05, 4.69) is 20.6 Å². The highest BCUT2D eigenvalue weighted by atomic mass is 35.5. The van der Waals surface area contributed by atoms with Gasteiger partial charge in [0.1, 0.15) is 22.7 Å². The molecule has 1 saturated heterocycles. The molecule has 0 radical (unpaired) electrons. The first-order valence-electron chi connectivity index (χ1n) is 7.72. The maximum atomic E-state index is 10.9. The number of phenolic OH excluding ortho intramolecular Hbond substituents is 1. The number of hydrogen-bond acceptors (Lipinski definition) is 7. The number of aromatic hydroxyl groups is 1. The molecule has 0 saturated carbocycles. The average molecular weight is 364 g/mol. The number of benzene rings is 1. The van der Waals surface area contributed by atoms with E-state index >= 15 is 0 Å². The van der Waals surface area contributed by atoms with Crippen LogP contribution in [0, 0.1) is 0 Å². The van der Waals surface area contributed by atoms with Crippen molar-refractivity contribution in [1.82, 2.24) is 14.9 Å². The molecule has 3 N–H and O–H groups in total. The molecule has 1 amide bonds. The Hall–Kier alpha value is -2.58. The number of anilines is 3. The van der Waals surface area contributed by atoms with Gasteiger partial charge in [0.25, 0.3) is 0 Å². The second-order valence-corrected chi connectivity index (χ2v) is 5.91. The van der Waals surface area contributed by atoms with Gasteiger partial charge in [0.2, 0.25) is 12.4 Å². The van der Waals surface area contributed by atoms with Gasteiger partial charge in [-0.05, 0) is 17.7 Å². The molecule has 9 heteroatoms. The highest BCUT2D eigenvalue weighted by Crippen LogP contribution is 2.31. The van der Waals surface area contributed by atoms with E-state index in [1.54, 1.807) is 24.1 Å². The number of phenols is 1. The van der Waals surface area contributed by atoms with Crippen molar-refractivity contribution in [1.29, 1.82) is 0 Å². The molecule has 1 unspecified atom stereocenters. The van der Waals surface area contributed by atoms with Crippen LogP contribution < -0.4 is 10.6 Å². The van der Waals surface area contributed by atoms with Crippen LogP contribution in [0.25, 0.3) is 0 Å². The number of hydrogen-bond donors (Lipinski definition) is 3. The van der Waals surface area contributed by atoms with Crippen molar-refractivity contribution in [2.45, 2.75) is 6.10 Å². The Morgan fingerprint density at radius 3 is 3.04 bits per heavy atom. The number of ether oxygens (including phenoxy) is 1. The Bertz CT molecular complexity index is 773. The quantitative estimate of drug-likeness (QED) is 0.553. The molecule has 3 rings (SSSR count). The second kappa shape index (κ2) is 7.54. The number of halogens is 1. The van der Waals surface area contributed by atoms with Crippen LogP contribution >= 0.6 is 11.6 Å². The lowest BCUT2D eigenvalue weighted by molar-refractivity contribution is -0.125. The number of amides is 1. The van der Waals surface area contributed by atoms with Gasteiger partial charge >= 0.3 is 0 Å². The van der Waals surface area contributed by atoms with Crippen molar-refractivity contribution >= 4 is 35.5 Å². The predicted molar refractivity (Wildman–Crippen MR) is 94.3 cm³/mol. The van der Waals surface area contributed by atoms with Crippen molar-refractivity contribution in [3.8, 4) is 5.75 Å². The molecule has 8 nitrogen and oxygen atoms in total. The van der Waals surface area contributed by atoms with Gasteiger partial charge in [-0.1, -0.05) is 17.7 Å². The summed E-state index contributed by atoms with van der Waals surface area (Å²) < 4.78 is 5.67. The van der Waals surface area contributed by atoms with Crippen LogP contribution in [0.1, 0.15) is 11.7 Å². The molecule has 2 aromatic rings. The maximum absolute atomic E-state index is 10.9. The van der Waals surface area contributed by atoms with Crippen molar-refractivity contribution < 1.29 is 14.6 Å². The summed E-state index contributed by atoms with van der Waals surface area (Å²) in [6.07, 6.45) is 2.02. The Balaban J connectivity index is 1.77. The van der Waals surface area contributed by atoms with Crippen molar-refractivity contribution in [3.05, 3.63) is 35.0 Å². The Kier molecular flexibility index (Phi) is 5.20. The molecular weight excluding hydrogens is 346 g/mol. The minimum Gasteiger partial charge on any atom is -0.506 e. The minimum atomic E-state index is -0.262. The summed E-state index contributed by atoms with van der Waals surface area (Å²) in [4.78, 5) is 20.9. The maximum Gasteiger partial charge on any atom is 0.229 e. The number of rotatable bonds is 5. The van der Waals surface area contributed by atoms with E-state index < -0.39 is 0 Å². The lowest BCUT2D eigenvalue weighted by Crippen LogP contribution is -2.37. The van der Waals surface area contributed by atoms with Crippen molar-refractivity contribution in [3.63, 3.8) is 0 Å². The largest absolute Gasteiger partial charge is 0.506 e. The summed E-state index contributed by atoms with van der Waals surface area (Å²) >= 11 is 5.95. The third-order valence-electron chi connectivity index (χ3n) is 3.87. The highest BCUT2D eigenvalue weighted by Gasteiger charge is 2.21. The van der Waals surface area contributed by atoms with Crippen molar-refractivity contribution in [2.24, 2.45) is 0 Å². The van der Waals surface area contributed by atoms with Crippen LogP contribution in [0.5, 0.6) is 5.75 Å². The molecule has 1 atom stereocenters. The van der Waals surface area contributed by atoms with E-state index in [1.807, 2.05) is 6.07 Å². The third-order valence-corrected chi connectivity index (χ3v) is 4.14. The summed E-state index contributed by atoms with van der Waals surface area (Å²) in [5.74, 6) is 0.826. The number of carbonyl (C=O) groups excluding carboxylic acids is 1. The van der Waals surface area contributed by atoms with Crippen LogP contribution in [-0.4, -0.2) is 53.1 Å². The average Bonchev–Trinajstić information content (AvgIpc) is 2.64. The molecule has 2 heterocycles. The normalized spacial score (nSPS) is 17.2. The van der Waals surface area contributed by atoms with Gasteiger partial charge < -0.3 is 25.4 Å². The summed E-state index contributed by atoms with van der Waals surface area (Å²) in [6, 6.07) is 5.15. The summed E-state index contributed by atoms with van der Waals surface area (Å²) in [6.45, 7) is 1.50. The van der Waals surface area contributed by atoms with E-state index in [4.69, 9.17) is 16.3 Å². The van der Waals surface area contributed by atoms with Gasteiger partial charge in [-0.2, -0.15) is 4.98 Å². The first-order valence-corrected chi connectivity index (χ1v) is 8.09. The molecule has 0 spiro atoms. The first-order chi connectivity index (χ1) is 12.1. The van der Waals surface area contributed by atoms with Gasteiger partial charge in [0.15, 0.2) is 0 Å². The molecule has 1 aromatic heterocycles. The fourth-order valence-corrected chi connectivity index (χ4v) is 2.73. The zero-order chi connectivity index (χ0) is 17.8. The molecule has 25 heavy (non-hydrogen) atoms. The zero-order valence-electron chi connectivity index (χ0n) is 13.6. The monoisotopic (exact) mass is 363 g/mol. The van der Waals surface area contributed by atoms with Gasteiger partial charge in [-0.15, -0.1) is 0 Å². The molecule has 1 aromatic carbocycles. The van der Waals surface area contributed by atoms with Gasteiger partial charge in [-0.3, -0.25) is 4.79 Å². The van der Waals surface area contributed by atoms with Crippen LogP contribution in [-0.2, 0) is 9.53 Å². The van der Waals surface area contributed by atoms with Crippen LogP contribution in [0.3, 0.4) is 0 Å². The second-order valence-electron chi connectivity index (χ2n) is 5.50. The number of nitrogens with zero attached hydrogens (tertiary/aromatic N) is 3. The third kappa shape index (κ3) is 3.92. The standard InChI is InChI=1S/C16H18ClN5O3/c1-18-15-11(17)7-19-16(21-15)20-12-3-2-10(6-13(12)24)14-8-22(9-23)4-5-25-14/h2-3,6-7,9,14,24H,4-5,8H2,1H3,(H2,18,19,20,21). The van der Waals surface area contributed by atoms with E-state index in [0.717, 1.165) is 12.0 Å². The molecule has 132 valence electrons. The Morgan fingerprint density at radius 1 is 1.48 bits per heavy atom. The van der Waals surface area contributed by atoms with Gasteiger partial charge in [0, 0.05) is 13.6 Å². The smallest absolute Gasteiger partial charge is 0.229 e. The van der Waals surface area contributed by atoms with E-state index in [1.165, 1.54) is 6.20 Å². The molecule has 1 aliphatic rings. The minimum absolute atomic E-state index is 0.0360. The lowest BCUT2D eigenvalue weighted by atomic mass is 10.1. The molecule has 1 fully saturated rings. The predicted octanol–water partition coefficient (Wildman–Crippen LogP) is 2.15. The number of carbonyl (C=O) groups is 1. The van der Waals surface area contributed by atoms with Crippen LogP contribution in [0.15, 0.2) is 24.4 Å². The number of morpholine rings is 1. The molecule has 1 aliphatic heterocycles. The Morgan fingerprint density at radius 2 is 2.32 bits per heavy atom. The summed E-state index contributed by atoms with van der Waals surface area (Å²) in [5, 5.41) is 16.5. The lowest BCUT2D eigenvalue weighted by Gasteiger charge is -2.30. The van der Waals surface area contributed by atoms with Crippen LogP contribution in [0.2, 0.25) is 5.02 Å². The zero-order valence-corrected chi connectivity index (χ0v) is 14.3. The fourth-order valence-electron chi connectivity index (χ4n) is 2.54. The first kappa shape index (κ1) is 17.2. The van der Waals surface area contributed by atoms with E-state index in [0.29, 0.717) is 42.2 Å². The van der Waals surface area contributed by atoms with E-state index in [9.17, 15) is 9.90 Å². The van der Waals surface area contributed by atoms with E-state index in [-0.39, 0.29) is 11.9 Å². The van der Waals surface area contributed by atoms with Crippen molar-refractivity contribution in [2.75, 3.05) is 37.4 Å². The topological polar surface area (TPSA) is 99.6 Å². The molecular formula is C16H18ClN5O3. The van der Waals surface area contributed by atoms with Gasteiger partial charge in [-0.25, -0.2) is 4.98 Å². The fraction of sp³-hybridized carbons (Fsp3) is 0.312. The SMILES string of the molecule is CNc1nc(Nc2ccc(C3CN(C=O)CCO3)cc2O)ncc1Cl. The number of nitrogens with one attached hydrogen (secondary N) is 2. The Labute approximate surface area is 149 Å². The summed E-state index contributed by atoms with van der Waals surface area (Å²) in [5.41, 5.74) is 1.25. The molecule has 0 aliphatic carbocycles. The highest BCUT2D eigenvalue weighted by molar-refractivity contribution is 6.32. The van der Waals surface area contributed by atoms with Crippen LogP contribution in [0.4, 0.5) is 17.5 Å². The molecule has 0 bridgehead atoms. The number of aromatic nitrogens is 2.